The fourth-order valence-electron chi connectivity index (χ4n) is 3.62. The number of fused-ring (bicyclic) bond motifs is 2. The molecule has 0 amide bonds. The summed E-state index contributed by atoms with van der Waals surface area (Å²) in [6.07, 6.45) is 2.49. The summed E-state index contributed by atoms with van der Waals surface area (Å²) in [4.78, 5) is 0.369. The van der Waals surface area contributed by atoms with Crippen LogP contribution in [0.2, 0.25) is 0 Å². The predicted molar refractivity (Wildman–Crippen MR) is 97.2 cm³/mol. The van der Waals surface area contributed by atoms with Crippen LogP contribution < -0.4 is 4.74 Å². The molecule has 0 radical (unpaired) electrons. The van der Waals surface area contributed by atoms with E-state index in [4.69, 9.17) is 4.74 Å². The van der Waals surface area contributed by atoms with Gasteiger partial charge in [0.25, 0.3) is 0 Å². The molecule has 2 aromatic rings. The second-order valence-electron chi connectivity index (χ2n) is 7.49. The van der Waals surface area contributed by atoms with Crippen LogP contribution in [0.25, 0.3) is 0 Å². The molecule has 0 fully saturated rings. The van der Waals surface area contributed by atoms with E-state index in [0.29, 0.717) is 18.0 Å². The van der Waals surface area contributed by atoms with Gasteiger partial charge in [-0.05, 0) is 68.0 Å². The Bertz CT molecular complexity index is 918. The lowest BCUT2D eigenvalue weighted by Crippen LogP contribution is -2.36. The van der Waals surface area contributed by atoms with Gasteiger partial charge in [-0.3, -0.25) is 0 Å². The van der Waals surface area contributed by atoms with Crippen molar-refractivity contribution in [3.63, 3.8) is 0 Å². The highest BCUT2D eigenvalue weighted by molar-refractivity contribution is 7.89. The van der Waals surface area contributed by atoms with E-state index in [2.05, 4.69) is 19.9 Å². The Labute approximate surface area is 149 Å². The summed E-state index contributed by atoms with van der Waals surface area (Å²) in [5.41, 5.74) is 3.14. The molecule has 0 unspecified atom stereocenters. The zero-order valence-corrected chi connectivity index (χ0v) is 15.5. The van der Waals surface area contributed by atoms with Crippen LogP contribution in [0.4, 0.5) is 0 Å². The highest BCUT2D eigenvalue weighted by Gasteiger charge is 2.31. The van der Waals surface area contributed by atoms with Crippen molar-refractivity contribution in [1.29, 1.82) is 0 Å². The van der Waals surface area contributed by atoms with Gasteiger partial charge in [-0.1, -0.05) is 24.3 Å². The lowest BCUT2D eigenvalue weighted by Gasteiger charge is -2.33. The number of ether oxygens (including phenoxy) is 1. The number of sulfonamides is 1. The normalized spacial score (nSPS) is 19.6. The molecule has 4 rings (SSSR count). The molecular formula is C20H23NO3S. The minimum Gasteiger partial charge on any atom is -0.488 e. The van der Waals surface area contributed by atoms with Crippen molar-refractivity contribution in [1.82, 2.24) is 4.31 Å². The van der Waals surface area contributed by atoms with E-state index in [1.54, 1.807) is 22.5 Å². The molecule has 0 N–H and O–H groups in total. The monoisotopic (exact) mass is 357 g/mol. The zero-order chi connectivity index (χ0) is 17.7. The molecule has 0 aliphatic carbocycles. The van der Waals surface area contributed by atoms with Gasteiger partial charge in [-0.2, -0.15) is 4.31 Å². The Morgan fingerprint density at radius 1 is 1.00 bits per heavy atom. The summed E-state index contributed by atoms with van der Waals surface area (Å²) in [6.45, 7) is 5.09. The topological polar surface area (TPSA) is 46.6 Å². The average molecular weight is 357 g/mol. The molecule has 0 aromatic heterocycles. The summed E-state index contributed by atoms with van der Waals surface area (Å²) in [5.74, 6) is 0.805. The van der Waals surface area contributed by atoms with E-state index in [0.717, 1.165) is 36.1 Å². The largest absolute Gasteiger partial charge is 0.488 e. The van der Waals surface area contributed by atoms with Crippen LogP contribution in [0.1, 0.15) is 37.0 Å². The smallest absolute Gasteiger partial charge is 0.243 e. The van der Waals surface area contributed by atoms with E-state index in [-0.39, 0.29) is 5.60 Å². The van der Waals surface area contributed by atoms with Crippen molar-refractivity contribution in [2.75, 3.05) is 6.54 Å². The van der Waals surface area contributed by atoms with Crippen molar-refractivity contribution in [3.8, 4) is 5.75 Å². The van der Waals surface area contributed by atoms with Crippen molar-refractivity contribution < 1.29 is 13.2 Å². The molecule has 2 heterocycles. The first-order chi connectivity index (χ1) is 11.9. The van der Waals surface area contributed by atoms with Crippen molar-refractivity contribution in [3.05, 3.63) is 59.2 Å². The highest BCUT2D eigenvalue weighted by Crippen LogP contribution is 2.35. The van der Waals surface area contributed by atoms with Crippen LogP contribution >= 0.6 is 0 Å². The lowest BCUT2D eigenvalue weighted by atomic mass is 9.94. The van der Waals surface area contributed by atoms with Gasteiger partial charge in [-0.25, -0.2) is 8.42 Å². The third-order valence-electron chi connectivity index (χ3n) is 5.15. The molecule has 2 aliphatic heterocycles. The Kier molecular flexibility index (Phi) is 3.89. The molecule has 5 heteroatoms. The number of hydrogen-bond donors (Lipinski definition) is 0. The maximum Gasteiger partial charge on any atom is 0.243 e. The fourth-order valence-corrected chi connectivity index (χ4v) is 5.09. The van der Waals surface area contributed by atoms with Crippen molar-refractivity contribution in [2.45, 2.75) is 50.2 Å². The molecule has 25 heavy (non-hydrogen) atoms. The third-order valence-corrected chi connectivity index (χ3v) is 6.99. The van der Waals surface area contributed by atoms with Gasteiger partial charge in [0.2, 0.25) is 10.0 Å². The number of aryl methyl sites for hydroxylation is 1. The zero-order valence-electron chi connectivity index (χ0n) is 14.7. The lowest BCUT2D eigenvalue weighted by molar-refractivity contribution is 0.0845. The first kappa shape index (κ1) is 16.6. The standard InChI is InChI=1S/C20H23NO3S/c1-20(2)11-9-16-13-18(7-8-19(16)24-20)25(22,23)21-12-10-15-5-3-4-6-17(15)14-21/h3-8,13H,9-12,14H2,1-2H3. The summed E-state index contributed by atoms with van der Waals surface area (Å²) < 4.78 is 33.7. The Balaban J connectivity index is 1.64. The predicted octanol–water partition coefficient (Wildman–Crippen LogP) is 3.54. The Hall–Kier alpha value is -1.85. The van der Waals surface area contributed by atoms with Crippen molar-refractivity contribution in [2.24, 2.45) is 0 Å². The van der Waals surface area contributed by atoms with Crippen LogP contribution in [-0.4, -0.2) is 24.9 Å². The van der Waals surface area contributed by atoms with E-state index in [1.807, 2.05) is 18.2 Å². The van der Waals surface area contributed by atoms with Crippen molar-refractivity contribution >= 4 is 10.0 Å². The van der Waals surface area contributed by atoms with Gasteiger partial charge < -0.3 is 4.74 Å². The molecule has 0 saturated carbocycles. The molecule has 2 aliphatic rings. The molecular weight excluding hydrogens is 334 g/mol. The van der Waals surface area contributed by atoms with Gasteiger partial charge >= 0.3 is 0 Å². The SMILES string of the molecule is CC1(C)CCc2cc(S(=O)(=O)N3CCc4ccccc4C3)ccc2O1. The molecule has 132 valence electrons. The maximum atomic E-state index is 13.1. The number of hydrogen-bond acceptors (Lipinski definition) is 3. The summed E-state index contributed by atoms with van der Waals surface area (Å²) >= 11 is 0. The molecule has 4 nitrogen and oxygen atoms in total. The maximum absolute atomic E-state index is 13.1. The van der Waals surface area contributed by atoms with Gasteiger partial charge in [-0.15, -0.1) is 0 Å². The average Bonchev–Trinajstić information content (AvgIpc) is 2.60. The minimum absolute atomic E-state index is 0.191. The van der Waals surface area contributed by atoms with E-state index in [9.17, 15) is 8.42 Å². The number of nitrogens with zero attached hydrogens (tertiary/aromatic N) is 1. The quantitative estimate of drug-likeness (QED) is 0.826. The van der Waals surface area contributed by atoms with E-state index >= 15 is 0 Å². The van der Waals surface area contributed by atoms with Gasteiger partial charge in [0.15, 0.2) is 0 Å². The van der Waals surface area contributed by atoms with Gasteiger partial charge in [0, 0.05) is 13.1 Å². The Morgan fingerprint density at radius 2 is 1.76 bits per heavy atom. The molecule has 0 bridgehead atoms. The van der Waals surface area contributed by atoms with Crippen LogP contribution in [0.5, 0.6) is 5.75 Å². The van der Waals surface area contributed by atoms with Crippen LogP contribution in [0.3, 0.4) is 0 Å². The summed E-state index contributed by atoms with van der Waals surface area (Å²) in [7, 11) is -3.49. The van der Waals surface area contributed by atoms with Crippen LogP contribution in [0.15, 0.2) is 47.4 Å². The summed E-state index contributed by atoms with van der Waals surface area (Å²) in [5, 5.41) is 0. The Morgan fingerprint density at radius 3 is 2.56 bits per heavy atom. The van der Waals surface area contributed by atoms with E-state index in [1.165, 1.54) is 5.56 Å². The fraction of sp³-hybridized carbons (Fsp3) is 0.400. The van der Waals surface area contributed by atoms with Gasteiger partial charge in [0.05, 0.1) is 4.90 Å². The molecule has 2 aromatic carbocycles. The molecule has 0 atom stereocenters. The summed E-state index contributed by atoms with van der Waals surface area (Å²) in [6, 6.07) is 13.3. The van der Waals surface area contributed by atoms with Gasteiger partial charge in [0.1, 0.15) is 11.4 Å². The second kappa shape index (κ2) is 5.85. The first-order valence-electron chi connectivity index (χ1n) is 8.74. The molecule has 0 saturated heterocycles. The highest BCUT2D eigenvalue weighted by atomic mass is 32.2. The minimum atomic E-state index is -3.49. The molecule has 0 spiro atoms. The number of rotatable bonds is 2. The number of benzene rings is 2. The third kappa shape index (κ3) is 3.07. The van der Waals surface area contributed by atoms with Crippen LogP contribution in [-0.2, 0) is 29.4 Å². The second-order valence-corrected chi connectivity index (χ2v) is 9.43. The first-order valence-corrected chi connectivity index (χ1v) is 10.2. The van der Waals surface area contributed by atoms with E-state index < -0.39 is 10.0 Å². The van der Waals surface area contributed by atoms with Crippen LogP contribution in [0, 0.1) is 0 Å².